The fourth-order valence-electron chi connectivity index (χ4n) is 4.21. The smallest absolute Gasteiger partial charge is 0.244 e. The molecular weight excluding hydrogens is 594 g/mol. The number of carbonyl (C=O) groups is 2. The number of amides is 2. The molecule has 0 bridgehead atoms. The summed E-state index contributed by atoms with van der Waals surface area (Å²) in [7, 11) is -2.37. The lowest BCUT2D eigenvalue weighted by Gasteiger charge is -2.34. The molecule has 3 aromatic carbocycles. The van der Waals surface area contributed by atoms with Gasteiger partial charge in [-0.2, -0.15) is 0 Å². The Hall–Kier alpha value is -3.37. The van der Waals surface area contributed by atoms with Gasteiger partial charge in [-0.3, -0.25) is 13.9 Å². The van der Waals surface area contributed by atoms with Gasteiger partial charge in [0.15, 0.2) is 0 Å². The molecular formula is C30H36BrN3O5S. The van der Waals surface area contributed by atoms with Crippen molar-refractivity contribution in [3.8, 4) is 5.75 Å². The lowest BCUT2D eigenvalue weighted by atomic mass is 10.0. The Kier molecular flexibility index (Phi) is 11.2. The summed E-state index contributed by atoms with van der Waals surface area (Å²) in [4.78, 5) is 29.3. The average Bonchev–Trinajstić information content (AvgIpc) is 2.93. The Labute approximate surface area is 245 Å². The third kappa shape index (κ3) is 8.82. The highest BCUT2D eigenvalue weighted by atomic mass is 79.9. The van der Waals surface area contributed by atoms with Gasteiger partial charge in [0.1, 0.15) is 18.3 Å². The molecule has 10 heteroatoms. The first-order chi connectivity index (χ1) is 19.0. The van der Waals surface area contributed by atoms with E-state index >= 15 is 0 Å². The van der Waals surface area contributed by atoms with Gasteiger partial charge in [-0.25, -0.2) is 8.42 Å². The van der Waals surface area contributed by atoms with Crippen LogP contribution in [0.4, 0.5) is 5.69 Å². The second kappa shape index (κ2) is 14.3. The minimum atomic E-state index is -3.86. The van der Waals surface area contributed by atoms with Crippen LogP contribution in [0.5, 0.6) is 5.75 Å². The minimum Gasteiger partial charge on any atom is -0.497 e. The number of ether oxygens (including phenoxy) is 1. The number of hydrogen-bond acceptors (Lipinski definition) is 5. The van der Waals surface area contributed by atoms with E-state index in [1.54, 1.807) is 24.3 Å². The summed E-state index contributed by atoms with van der Waals surface area (Å²) in [5.41, 5.74) is 1.97. The van der Waals surface area contributed by atoms with Gasteiger partial charge in [-0.05, 0) is 48.7 Å². The summed E-state index contributed by atoms with van der Waals surface area (Å²) in [5, 5.41) is 3.02. The summed E-state index contributed by atoms with van der Waals surface area (Å²) >= 11 is 3.48. The van der Waals surface area contributed by atoms with Crippen LogP contribution in [0.1, 0.15) is 31.4 Å². The minimum absolute atomic E-state index is 0.0992. The largest absolute Gasteiger partial charge is 0.497 e. The molecule has 0 saturated heterocycles. The molecule has 0 fully saturated rings. The van der Waals surface area contributed by atoms with Crippen LogP contribution >= 0.6 is 15.9 Å². The summed E-state index contributed by atoms with van der Waals surface area (Å²) in [6, 6.07) is 22.5. The molecule has 2 amide bonds. The molecule has 1 N–H and O–H groups in total. The van der Waals surface area contributed by atoms with Crippen LogP contribution in [0, 0.1) is 0 Å². The molecule has 0 aromatic heterocycles. The maximum absolute atomic E-state index is 14.1. The highest BCUT2D eigenvalue weighted by Gasteiger charge is 2.33. The molecule has 40 heavy (non-hydrogen) atoms. The Balaban J connectivity index is 2.06. The Bertz CT molecular complexity index is 1400. The topological polar surface area (TPSA) is 96.0 Å². The number of methoxy groups -OCH3 is 1. The van der Waals surface area contributed by atoms with Crippen molar-refractivity contribution in [3.63, 3.8) is 0 Å². The van der Waals surface area contributed by atoms with E-state index < -0.39 is 28.5 Å². The molecule has 0 heterocycles. The van der Waals surface area contributed by atoms with Crippen molar-refractivity contribution in [2.45, 2.75) is 45.3 Å². The van der Waals surface area contributed by atoms with E-state index in [4.69, 9.17) is 4.74 Å². The van der Waals surface area contributed by atoms with Crippen LogP contribution in [0.25, 0.3) is 0 Å². The zero-order chi connectivity index (χ0) is 29.3. The van der Waals surface area contributed by atoms with Gasteiger partial charge in [0, 0.05) is 29.5 Å². The normalized spacial score (nSPS) is 12.7. The first kappa shape index (κ1) is 31.2. The molecule has 3 rings (SSSR count). The molecule has 0 aliphatic rings. The van der Waals surface area contributed by atoms with Gasteiger partial charge in [0.25, 0.3) is 0 Å². The number of rotatable bonds is 13. The molecule has 0 aliphatic carbocycles. The van der Waals surface area contributed by atoms with E-state index in [9.17, 15) is 18.0 Å². The van der Waals surface area contributed by atoms with Crippen LogP contribution in [0.15, 0.2) is 83.3 Å². The predicted molar refractivity (Wildman–Crippen MR) is 162 cm³/mol. The quantitative estimate of drug-likeness (QED) is 0.294. The maximum Gasteiger partial charge on any atom is 0.244 e. The van der Waals surface area contributed by atoms with Crippen molar-refractivity contribution in [2.24, 2.45) is 0 Å². The van der Waals surface area contributed by atoms with Gasteiger partial charge in [0.2, 0.25) is 21.8 Å². The number of nitrogens with zero attached hydrogens (tertiary/aromatic N) is 2. The molecule has 0 aliphatic heterocycles. The van der Waals surface area contributed by atoms with E-state index in [0.717, 1.165) is 32.6 Å². The van der Waals surface area contributed by atoms with Crippen molar-refractivity contribution >= 4 is 43.5 Å². The number of hydrogen-bond donors (Lipinski definition) is 1. The number of carbonyl (C=O) groups excluding carboxylic acids is 2. The second-order valence-electron chi connectivity index (χ2n) is 9.65. The highest BCUT2D eigenvalue weighted by Crippen LogP contribution is 2.24. The SMILES string of the molecule is CC[C@@H](C)NC(=O)[C@@H](Cc1ccccc1)N(Cc1cccc(Br)c1)C(=O)CN(c1cccc(OC)c1)S(C)(=O)=O. The molecule has 8 nitrogen and oxygen atoms in total. The number of halogens is 1. The van der Waals surface area contributed by atoms with Crippen molar-refractivity contribution in [1.82, 2.24) is 10.2 Å². The highest BCUT2D eigenvalue weighted by molar-refractivity contribution is 9.10. The molecule has 0 unspecified atom stereocenters. The van der Waals surface area contributed by atoms with Gasteiger partial charge >= 0.3 is 0 Å². The van der Waals surface area contributed by atoms with E-state index in [1.165, 1.54) is 12.0 Å². The van der Waals surface area contributed by atoms with Crippen molar-refractivity contribution in [2.75, 3.05) is 24.2 Å². The predicted octanol–water partition coefficient (Wildman–Crippen LogP) is 4.78. The average molecular weight is 631 g/mol. The molecule has 0 saturated carbocycles. The maximum atomic E-state index is 14.1. The number of nitrogens with one attached hydrogen (secondary N) is 1. The molecule has 3 aromatic rings. The zero-order valence-electron chi connectivity index (χ0n) is 23.2. The van der Waals surface area contributed by atoms with E-state index in [0.29, 0.717) is 11.4 Å². The summed E-state index contributed by atoms with van der Waals surface area (Å²) in [6.45, 7) is 3.51. The number of sulfonamides is 1. The van der Waals surface area contributed by atoms with Crippen LogP contribution in [-0.2, 0) is 32.6 Å². The fraction of sp³-hybridized carbons (Fsp3) is 0.333. The van der Waals surface area contributed by atoms with Gasteiger partial charge in [-0.15, -0.1) is 0 Å². The number of benzene rings is 3. The Morgan fingerprint density at radius 1 is 0.975 bits per heavy atom. The number of anilines is 1. The van der Waals surface area contributed by atoms with Crippen molar-refractivity contribution in [1.29, 1.82) is 0 Å². The third-order valence-corrected chi connectivity index (χ3v) is 8.17. The molecule has 0 spiro atoms. The lowest BCUT2D eigenvalue weighted by molar-refractivity contribution is -0.140. The second-order valence-corrected chi connectivity index (χ2v) is 12.5. The van der Waals surface area contributed by atoms with Gasteiger partial charge < -0.3 is 15.0 Å². The lowest BCUT2D eigenvalue weighted by Crippen LogP contribution is -2.54. The summed E-state index contributed by atoms with van der Waals surface area (Å²) in [5.74, 6) is -0.346. The van der Waals surface area contributed by atoms with E-state index in [2.05, 4.69) is 21.2 Å². The van der Waals surface area contributed by atoms with Crippen LogP contribution in [0.2, 0.25) is 0 Å². The Morgan fingerprint density at radius 3 is 2.27 bits per heavy atom. The molecule has 214 valence electrons. The first-order valence-electron chi connectivity index (χ1n) is 13.0. The third-order valence-electron chi connectivity index (χ3n) is 6.53. The summed E-state index contributed by atoms with van der Waals surface area (Å²) in [6.07, 6.45) is 2.04. The summed E-state index contributed by atoms with van der Waals surface area (Å²) < 4.78 is 32.9. The van der Waals surface area contributed by atoms with Gasteiger partial charge in [0.05, 0.1) is 19.1 Å². The zero-order valence-corrected chi connectivity index (χ0v) is 25.6. The van der Waals surface area contributed by atoms with Crippen LogP contribution in [0.3, 0.4) is 0 Å². The van der Waals surface area contributed by atoms with Crippen LogP contribution < -0.4 is 14.4 Å². The standard InChI is InChI=1S/C30H36BrN3O5S/c1-5-22(2)32-30(36)28(18-23-11-7-6-8-12-23)33(20-24-13-9-14-25(31)17-24)29(35)21-34(40(4,37)38)26-15-10-16-27(19-26)39-3/h6-17,19,22,28H,5,18,20-21H2,1-4H3,(H,32,36)/t22-,28-/m1/s1. The first-order valence-corrected chi connectivity index (χ1v) is 15.7. The monoisotopic (exact) mass is 629 g/mol. The van der Waals surface area contributed by atoms with Crippen molar-refractivity contribution < 1.29 is 22.7 Å². The molecule has 2 atom stereocenters. The van der Waals surface area contributed by atoms with E-state index in [-0.39, 0.29) is 24.9 Å². The molecule has 0 radical (unpaired) electrons. The van der Waals surface area contributed by atoms with Gasteiger partial charge in [-0.1, -0.05) is 71.4 Å². The van der Waals surface area contributed by atoms with E-state index in [1.807, 2.05) is 68.4 Å². The Morgan fingerprint density at radius 2 is 1.65 bits per heavy atom. The fourth-order valence-corrected chi connectivity index (χ4v) is 5.49. The van der Waals surface area contributed by atoms with Crippen molar-refractivity contribution in [3.05, 3.63) is 94.5 Å². The van der Waals surface area contributed by atoms with Crippen LogP contribution in [-0.4, -0.2) is 57.1 Å².